The van der Waals surface area contributed by atoms with Crippen LogP contribution < -0.4 is 33.2 Å². The molecule has 0 spiro atoms. The van der Waals surface area contributed by atoms with Gasteiger partial charge in [0.25, 0.3) is 5.91 Å². The largest absolute Gasteiger partial charge is 0.480 e. The number of nitrogens with zero attached hydrogens (tertiary/aromatic N) is 1. The van der Waals surface area contributed by atoms with Gasteiger partial charge >= 0.3 is 12.0 Å². The number of hydrogen-bond acceptors (Lipinski definition) is 5. The number of aliphatic carboxylic acids is 1. The number of nitrogen functional groups attached to an aromatic ring is 1. The molecule has 2 rings (SSSR count). The molecule has 0 aromatic heterocycles. The maximum atomic E-state index is 12.5. The van der Waals surface area contributed by atoms with Gasteiger partial charge in [-0.05, 0) is 49.2 Å². The summed E-state index contributed by atoms with van der Waals surface area (Å²) in [5.41, 5.74) is 17.7. The van der Waals surface area contributed by atoms with E-state index < -0.39 is 23.9 Å². The summed E-state index contributed by atoms with van der Waals surface area (Å²) in [6.07, 6.45) is 0.527. The lowest BCUT2D eigenvalue weighted by molar-refractivity contribution is -0.139. The molecular formula is C20H25N7O4. The molecule has 0 bridgehead atoms. The van der Waals surface area contributed by atoms with Crippen LogP contribution in [-0.2, 0) is 4.79 Å². The Morgan fingerprint density at radius 2 is 1.65 bits per heavy atom. The Balaban J connectivity index is 1.97. The lowest BCUT2D eigenvalue weighted by Gasteiger charge is -2.15. The van der Waals surface area contributed by atoms with Crippen molar-refractivity contribution in [3.05, 3.63) is 54.1 Å². The molecule has 0 aliphatic heterocycles. The van der Waals surface area contributed by atoms with Crippen molar-refractivity contribution in [1.29, 1.82) is 0 Å². The molecule has 31 heavy (non-hydrogen) atoms. The van der Waals surface area contributed by atoms with Gasteiger partial charge in [0.1, 0.15) is 6.04 Å². The van der Waals surface area contributed by atoms with Crippen LogP contribution in [0.25, 0.3) is 0 Å². The van der Waals surface area contributed by atoms with E-state index in [9.17, 15) is 19.5 Å². The van der Waals surface area contributed by atoms with Gasteiger partial charge in [-0.2, -0.15) is 0 Å². The molecule has 0 saturated carbocycles. The molecule has 0 unspecified atom stereocenters. The van der Waals surface area contributed by atoms with Crippen LogP contribution in [0.5, 0.6) is 0 Å². The molecule has 11 nitrogen and oxygen atoms in total. The molecule has 164 valence electrons. The summed E-state index contributed by atoms with van der Waals surface area (Å²) in [4.78, 5) is 39.9. The van der Waals surface area contributed by atoms with Gasteiger partial charge in [0.05, 0.1) is 0 Å². The third-order valence-electron chi connectivity index (χ3n) is 4.08. The van der Waals surface area contributed by atoms with E-state index in [1.54, 1.807) is 36.4 Å². The van der Waals surface area contributed by atoms with Crippen molar-refractivity contribution in [1.82, 2.24) is 5.32 Å². The van der Waals surface area contributed by atoms with E-state index >= 15 is 0 Å². The summed E-state index contributed by atoms with van der Waals surface area (Å²) in [5, 5.41) is 17.0. The van der Waals surface area contributed by atoms with Crippen LogP contribution in [0.15, 0.2) is 53.5 Å². The second-order valence-electron chi connectivity index (χ2n) is 6.60. The zero-order chi connectivity index (χ0) is 22.8. The quantitative estimate of drug-likeness (QED) is 0.135. The first kappa shape index (κ1) is 23.0. The second kappa shape index (κ2) is 11.0. The van der Waals surface area contributed by atoms with E-state index in [2.05, 4.69) is 20.9 Å². The molecule has 0 aliphatic carbocycles. The third-order valence-corrected chi connectivity index (χ3v) is 4.08. The van der Waals surface area contributed by atoms with Crippen LogP contribution in [0, 0.1) is 0 Å². The molecule has 2 aromatic carbocycles. The SMILES string of the molecule is NC(N)=NCCC[C@H](NC(=O)c1cccc(NC(=O)Nc2cccc(N)c2)c1)C(=O)O. The van der Waals surface area contributed by atoms with Crippen molar-refractivity contribution in [3.63, 3.8) is 0 Å². The van der Waals surface area contributed by atoms with Crippen molar-refractivity contribution < 1.29 is 19.5 Å². The van der Waals surface area contributed by atoms with Crippen LogP contribution >= 0.6 is 0 Å². The highest BCUT2D eigenvalue weighted by Crippen LogP contribution is 2.14. The molecular weight excluding hydrogens is 402 g/mol. The molecule has 0 saturated heterocycles. The number of carboxylic acids is 1. The second-order valence-corrected chi connectivity index (χ2v) is 6.60. The third kappa shape index (κ3) is 7.93. The van der Waals surface area contributed by atoms with Gasteiger partial charge in [-0.3, -0.25) is 9.79 Å². The van der Waals surface area contributed by atoms with Crippen LogP contribution in [0.3, 0.4) is 0 Å². The number of urea groups is 1. The van der Waals surface area contributed by atoms with Crippen LogP contribution in [0.2, 0.25) is 0 Å². The fraction of sp³-hybridized carbons (Fsp3) is 0.200. The number of guanidine groups is 1. The Hall–Kier alpha value is -4.28. The highest BCUT2D eigenvalue weighted by molar-refractivity contribution is 6.02. The lowest BCUT2D eigenvalue weighted by atomic mass is 10.1. The highest BCUT2D eigenvalue weighted by Gasteiger charge is 2.20. The molecule has 1 atom stereocenters. The topological polar surface area (TPSA) is 198 Å². The Morgan fingerprint density at radius 3 is 2.26 bits per heavy atom. The van der Waals surface area contributed by atoms with E-state index in [0.717, 1.165) is 0 Å². The van der Waals surface area contributed by atoms with E-state index in [1.165, 1.54) is 12.1 Å². The summed E-state index contributed by atoms with van der Waals surface area (Å²) >= 11 is 0. The van der Waals surface area contributed by atoms with Gasteiger partial charge in [-0.15, -0.1) is 0 Å². The van der Waals surface area contributed by atoms with E-state index in [-0.39, 0.29) is 24.5 Å². The maximum Gasteiger partial charge on any atom is 0.326 e. The Labute approximate surface area is 178 Å². The van der Waals surface area contributed by atoms with Crippen LogP contribution in [0.1, 0.15) is 23.2 Å². The number of carboxylic acid groups (broad SMARTS) is 1. The number of carbonyl (C=O) groups is 3. The number of amides is 3. The summed E-state index contributed by atoms with van der Waals surface area (Å²) < 4.78 is 0. The molecule has 0 heterocycles. The number of anilines is 3. The Bertz CT molecular complexity index is 974. The van der Waals surface area contributed by atoms with Crippen molar-refractivity contribution in [3.8, 4) is 0 Å². The van der Waals surface area contributed by atoms with Gasteiger partial charge in [0, 0.05) is 29.2 Å². The van der Waals surface area contributed by atoms with Crippen LogP contribution in [0.4, 0.5) is 21.9 Å². The van der Waals surface area contributed by atoms with E-state index in [1.807, 2.05) is 0 Å². The predicted molar refractivity (Wildman–Crippen MR) is 119 cm³/mol. The number of carbonyl (C=O) groups excluding carboxylic acids is 2. The normalized spacial score (nSPS) is 11.1. The fourth-order valence-corrected chi connectivity index (χ4v) is 2.65. The first-order valence-electron chi connectivity index (χ1n) is 9.37. The smallest absolute Gasteiger partial charge is 0.326 e. The summed E-state index contributed by atoms with van der Waals surface area (Å²) in [7, 11) is 0. The number of hydrogen-bond donors (Lipinski definition) is 7. The van der Waals surface area contributed by atoms with Crippen molar-refractivity contribution in [2.45, 2.75) is 18.9 Å². The molecule has 11 heteroatoms. The monoisotopic (exact) mass is 427 g/mol. The Morgan fingerprint density at radius 1 is 1.00 bits per heavy atom. The minimum atomic E-state index is -1.17. The van der Waals surface area contributed by atoms with E-state index in [4.69, 9.17) is 17.2 Å². The summed E-state index contributed by atoms with van der Waals surface area (Å²) in [5.74, 6) is -1.84. The minimum Gasteiger partial charge on any atom is -0.480 e. The maximum absolute atomic E-state index is 12.5. The van der Waals surface area contributed by atoms with Gasteiger partial charge in [0.2, 0.25) is 0 Å². The molecule has 0 radical (unpaired) electrons. The number of aliphatic imine (C=N–C) groups is 1. The summed E-state index contributed by atoms with van der Waals surface area (Å²) in [6, 6.07) is 11.2. The molecule has 3 amide bonds. The van der Waals surface area contributed by atoms with Gasteiger partial charge in [-0.25, -0.2) is 9.59 Å². The van der Waals surface area contributed by atoms with Crippen molar-refractivity contribution in [2.24, 2.45) is 16.5 Å². The average Bonchev–Trinajstić information content (AvgIpc) is 2.69. The number of nitrogens with two attached hydrogens (primary N) is 3. The Kier molecular flexibility index (Phi) is 8.20. The molecule has 0 aliphatic rings. The zero-order valence-electron chi connectivity index (χ0n) is 16.7. The average molecular weight is 427 g/mol. The zero-order valence-corrected chi connectivity index (χ0v) is 16.7. The van der Waals surface area contributed by atoms with Crippen molar-refractivity contribution >= 4 is 40.9 Å². The minimum absolute atomic E-state index is 0.0833. The lowest BCUT2D eigenvalue weighted by Crippen LogP contribution is -2.40. The van der Waals surface area contributed by atoms with Gasteiger partial charge < -0.3 is 38.3 Å². The standard InChI is InChI=1S/C20H25N7O4/c21-13-5-2-7-15(11-13)26-20(31)25-14-6-1-4-12(10-14)17(28)27-16(18(29)30)8-3-9-24-19(22)23/h1-2,4-7,10-11,16H,3,8-9,21H2,(H,27,28)(H,29,30)(H4,22,23,24)(H2,25,26,31)/t16-/m0/s1. The van der Waals surface area contributed by atoms with Gasteiger partial charge in [0.15, 0.2) is 5.96 Å². The fourth-order valence-electron chi connectivity index (χ4n) is 2.65. The number of nitrogens with one attached hydrogen (secondary N) is 3. The van der Waals surface area contributed by atoms with Gasteiger partial charge in [-0.1, -0.05) is 12.1 Å². The highest BCUT2D eigenvalue weighted by atomic mass is 16.4. The first-order valence-corrected chi connectivity index (χ1v) is 9.37. The number of benzene rings is 2. The molecule has 0 fully saturated rings. The molecule has 2 aromatic rings. The van der Waals surface area contributed by atoms with Crippen LogP contribution in [-0.4, -0.2) is 41.6 Å². The van der Waals surface area contributed by atoms with E-state index in [0.29, 0.717) is 23.5 Å². The summed E-state index contributed by atoms with van der Waals surface area (Å²) in [6.45, 7) is 0.254. The molecule has 10 N–H and O–H groups in total. The van der Waals surface area contributed by atoms with Crippen molar-refractivity contribution in [2.75, 3.05) is 22.9 Å². The predicted octanol–water partition coefficient (Wildman–Crippen LogP) is 1.15. The number of rotatable bonds is 9. The first-order chi connectivity index (χ1) is 14.7.